The van der Waals surface area contributed by atoms with Gasteiger partial charge in [-0.25, -0.2) is 4.39 Å². The first-order valence-corrected chi connectivity index (χ1v) is 11.7. The molecule has 0 atom stereocenters. The molecule has 1 aliphatic rings. The van der Waals surface area contributed by atoms with E-state index in [1.54, 1.807) is 24.3 Å². The number of nitrogens with one attached hydrogen (secondary N) is 1. The monoisotopic (exact) mass is 517 g/mol. The average molecular weight is 518 g/mol. The normalized spacial score (nSPS) is 14.9. The largest absolute Gasteiger partial charge is 0.324 e. The fourth-order valence-electron chi connectivity index (χ4n) is 3.65. The second-order valence-electron chi connectivity index (χ2n) is 7.58. The molecule has 1 N–H and O–H groups in total. The molecule has 3 aromatic rings. The van der Waals surface area contributed by atoms with Crippen molar-refractivity contribution in [1.29, 1.82) is 0 Å². The summed E-state index contributed by atoms with van der Waals surface area (Å²) in [6.07, 6.45) is 1.62. The third-order valence-corrected chi connectivity index (χ3v) is 6.64. The Kier molecular flexibility index (Phi) is 6.84. The lowest BCUT2D eigenvalue weighted by Gasteiger charge is -2.12. The van der Waals surface area contributed by atoms with E-state index in [1.165, 1.54) is 18.2 Å². The topological polar surface area (TPSA) is 71.4 Å². The van der Waals surface area contributed by atoms with Gasteiger partial charge in [0.2, 0.25) is 5.91 Å². The van der Waals surface area contributed by atoms with Crippen LogP contribution in [-0.2, 0) is 9.59 Å². The van der Waals surface area contributed by atoms with Crippen molar-refractivity contribution in [2.24, 2.45) is 0 Å². The summed E-state index contributed by atoms with van der Waals surface area (Å²) in [6.45, 7) is 3.30. The van der Waals surface area contributed by atoms with Gasteiger partial charge in [-0.3, -0.25) is 19.3 Å². The number of hydrogen-bond donors (Lipinski definition) is 1. The second kappa shape index (κ2) is 9.66. The first-order valence-electron chi connectivity index (χ1n) is 10.1. The van der Waals surface area contributed by atoms with Gasteiger partial charge in [0, 0.05) is 22.1 Å². The first kappa shape index (κ1) is 24.1. The molecule has 0 bridgehead atoms. The van der Waals surface area contributed by atoms with Crippen molar-refractivity contribution in [3.63, 3.8) is 0 Å². The number of benzene rings is 2. The Morgan fingerprint density at radius 2 is 1.88 bits per heavy atom. The smallest absolute Gasteiger partial charge is 0.294 e. The summed E-state index contributed by atoms with van der Waals surface area (Å²) in [6, 6.07) is 12.4. The summed E-state index contributed by atoms with van der Waals surface area (Å²) in [5.41, 5.74) is 3.40. The number of halogens is 3. The number of aromatic nitrogens is 1. The Morgan fingerprint density at radius 3 is 2.59 bits per heavy atom. The lowest BCUT2D eigenvalue weighted by molar-refractivity contribution is -0.127. The van der Waals surface area contributed by atoms with Gasteiger partial charge >= 0.3 is 0 Å². The highest BCUT2D eigenvalue weighted by Gasteiger charge is 2.36. The summed E-state index contributed by atoms with van der Waals surface area (Å²) in [7, 11) is 0. The molecule has 2 heterocycles. The highest BCUT2D eigenvalue weighted by atomic mass is 35.5. The summed E-state index contributed by atoms with van der Waals surface area (Å²) < 4.78 is 15.3. The lowest BCUT2D eigenvalue weighted by Crippen LogP contribution is -2.36. The molecule has 1 aromatic heterocycles. The molecule has 10 heteroatoms. The van der Waals surface area contributed by atoms with Crippen LogP contribution in [0.1, 0.15) is 17.0 Å². The van der Waals surface area contributed by atoms with Gasteiger partial charge in [0.25, 0.3) is 11.1 Å². The Balaban J connectivity index is 1.55. The summed E-state index contributed by atoms with van der Waals surface area (Å²) >= 11 is 13.1. The molecule has 0 saturated carbocycles. The van der Waals surface area contributed by atoms with Crippen molar-refractivity contribution in [2.75, 3.05) is 11.9 Å². The lowest BCUT2D eigenvalue weighted by atomic mass is 10.2. The Hall–Kier alpha value is -3.07. The van der Waals surface area contributed by atoms with Gasteiger partial charge in [-0.1, -0.05) is 29.3 Å². The minimum absolute atomic E-state index is 0.200. The number of carbonyl (C=O) groups excluding carboxylic acids is 3. The Labute approximate surface area is 209 Å². The van der Waals surface area contributed by atoms with E-state index < -0.39 is 29.4 Å². The molecule has 34 heavy (non-hydrogen) atoms. The maximum Gasteiger partial charge on any atom is 0.294 e. The van der Waals surface area contributed by atoms with E-state index in [0.717, 1.165) is 45.4 Å². The van der Waals surface area contributed by atoms with E-state index in [1.807, 2.05) is 24.5 Å². The third kappa shape index (κ3) is 4.89. The van der Waals surface area contributed by atoms with E-state index in [-0.39, 0.29) is 10.6 Å². The minimum Gasteiger partial charge on any atom is -0.324 e. The van der Waals surface area contributed by atoms with Crippen LogP contribution in [0.3, 0.4) is 0 Å². The van der Waals surface area contributed by atoms with Crippen LogP contribution in [0.5, 0.6) is 0 Å². The maximum atomic E-state index is 13.3. The van der Waals surface area contributed by atoms with Crippen LogP contribution in [0.4, 0.5) is 14.9 Å². The van der Waals surface area contributed by atoms with Gasteiger partial charge in [-0.2, -0.15) is 0 Å². The Morgan fingerprint density at radius 1 is 1.12 bits per heavy atom. The molecule has 2 aromatic carbocycles. The molecule has 174 valence electrons. The van der Waals surface area contributed by atoms with Crippen LogP contribution in [0, 0.1) is 19.7 Å². The number of amides is 3. The number of nitrogens with zero attached hydrogens (tertiary/aromatic N) is 2. The predicted octanol–water partition coefficient (Wildman–Crippen LogP) is 6.22. The van der Waals surface area contributed by atoms with E-state index >= 15 is 0 Å². The fraction of sp³-hybridized carbons (Fsp3) is 0.125. The van der Waals surface area contributed by atoms with E-state index in [0.29, 0.717) is 10.0 Å². The second-order valence-corrected chi connectivity index (χ2v) is 9.42. The molecule has 1 fully saturated rings. The van der Waals surface area contributed by atoms with Gasteiger partial charge in [0.15, 0.2) is 0 Å². The number of hydrogen-bond acceptors (Lipinski definition) is 4. The van der Waals surface area contributed by atoms with E-state index in [9.17, 15) is 18.8 Å². The number of rotatable bonds is 5. The predicted molar refractivity (Wildman–Crippen MR) is 133 cm³/mol. The van der Waals surface area contributed by atoms with Crippen LogP contribution in [0.2, 0.25) is 10.0 Å². The van der Waals surface area contributed by atoms with Crippen molar-refractivity contribution in [3.05, 3.63) is 86.2 Å². The third-order valence-electron chi connectivity index (χ3n) is 5.19. The SMILES string of the molecule is Cc1cc(/C=C2/SC(=O)N(CC(=O)Nc3cccc(F)c3)C2=O)c(C)n1-c1ccc(Cl)cc1Cl. The van der Waals surface area contributed by atoms with Gasteiger partial charge in [0.1, 0.15) is 12.4 Å². The zero-order valence-corrected chi connectivity index (χ0v) is 20.4. The number of aryl methyl sites for hydroxylation is 1. The summed E-state index contributed by atoms with van der Waals surface area (Å²) in [4.78, 5) is 38.7. The number of carbonyl (C=O) groups is 3. The first-order chi connectivity index (χ1) is 16.1. The molecule has 1 saturated heterocycles. The zero-order chi connectivity index (χ0) is 24.6. The molecule has 6 nitrogen and oxygen atoms in total. The van der Waals surface area contributed by atoms with Crippen LogP contribution in [0.15, 0.2) is 53.4 Å². The molecule has 0 aliphatic carbocycles. The molecule has 1 aliphatic heterocycles. The minimum atomic E-state index is -0.607. The average Bonchev–Trinajstić information content (AvgIpc) is 3.18. The van der Waals surface area contributed by atoms with Crippen molar-refractivity contribution in [1.82, 2.24) is 9.47 Å². The molecule has 0 radical (unpaired) electrons. The van der Waals surface area contributed by atoms with E-state index in [4.69, 9.17) is 23.2 Å². The van der Waals surface area contributed by atoms with Crippen molar-refractivity contribution < 1.29 is 18.8 Å². The highest BCUT2D eigenvalue weighted by Crippen LogP contribution is 2.34. The molecular weight excluding hydrogens is 500 g/mol. The fourth-order valence-corrected chi connectivity index (χ4v) is 4.98. The molecule has 0 unspecified atom stereocenters. The van der Waals surface area contributed by atoms with Crippen LogP contribution < -0.4 is 5.32 Å². The molecule has 0 spiro atoms. The number of anilines is 1. The van der Waals surface area contributed by atoms with Gasteiger partial charge < -0.3 is 9.88 Å². The van der Waals surface area contributed by atoms with Crippen molar-refractivity contribution in [3.8, 4) is 5.69 Å². The van der Waals surface area contributed by atoms with Crippen molar-refractivity contribution in [2.45, 2.75) is 13.8 Å². The Bertz CT molecular complexity index is 1370. The standard InChI is InChI=1S/C24H18Cl2FN3O3S/c1-13-8-15(14(2)30(13)20-7-6-16(25)10-19(20)26)9-21-23(32)29(24(33)34-21)12-22(31)28-18-5-3-4-17(27)11-18/h3-11H,12H2,1-2H3,(H,28,31)/b21-9+. The summed E-state index contributed by atoms with van der Waals surface area (Å²) in [5.74, 6) is -1.69. The zero-order valence-electron chi connectivity index (χ0n) is 18.1. The van der Waals surface area contributed by atoms with Crippen LogP contribution in [0.25, 0.3) is 11.8 Å². The number of imide groups is 1. The molecule has 4 rings (SSSR count). The number of thioether (sulfide) groups is 1. The quantitative estimate of drug-likeness (QED) is 0.408. The van der Waals surface area contributed by atoms with Crippen LogP contribution >= 0.6 is 35.0 Å². The molecular formula is C24H18Cl2FN3O3S. The highest BCUT2D eigenvalue weighted by molar-refractivity contribution is 8.18. The van der Waals surface area contributed by atoms with Gasteiger partial charge in [0.05, 0.1) is 15.6 Å². The van der Waals surface area contributed by atoms with Crippen LogP contribution in [-0.4, -0.2) is 33.1 Å². The van der Waals surface area contributed by atoms with Gasteiger partial charge in [-0.15, -0.1) is 0 Å². The van der Waals surface area contributed by atoms with Crippen molar-refractivity contribution >= 4 is 63.8 Å². The molecule has 3 amide bonds. The summed E-state index contributed by atoms with van der Waals surface area (Å²) in [5, 5.41) is 2.93. The maximum absolute atomic E-state index is 13.3. The van der Waals surface area contributed by atoms with E-state index in [2.05, 4.69) is 5.32 Å². The van der Waals surface area contributed by atoms with Gasteiger partial charge in [-0.05, 0) is 79.7 Å².